The largest absolute Gasteiger partial charge is 0.373 e. The van der Waals surface area contributed by atoms with E-state index in [4.69, 9.17) is 0 Å². The van der Waals surface area contributed by atoms with Crippen molar-refractivity contribution in [3.8, 4) is 0 Å². The van der Waals surface area contributed by atoms with Crippen LogP contribution in [-0.4, -0.2) is 34.6 Å². The van der Waals surface area contributed by atoms with Gasteiger partial charge in [-0.25, -0.2) is 9.37 Å². The number of amidine groups is 1. The number of fused-ring (bicyclic) bond motifs is 3. The molecule has 0 fully saturated rings. The molecule has 1 atom stereocenters. The third-order valence-electron chi connectivity index (χ3n) is 3.54. The predicted octanol–water partition coefficient (Wildman–Crippen LogP) is 2.60. The second-order valence-corrected chi connectivity index (χ2v) is 6.19. The Hall–Kier alpha value is -1.37. The van der Waals surface area contributed by atoms with Crippen LogP contribution in [0.25, 0.3) is 0 Å². The molecule has 0 saturated carbocycles. The Morgan fingerprint density at radius 3 is 2.84 bits per heavy atom. The maximum Gasteiger partial charge on any atom is 0.181 e. The maximum atomic E-state index is 14.4. The van der Waals surface area contributed by atoms with Crippen LogP contribution in [0, 0.1) is 5.82 Å². The Morgan fingerprint density at radius 1 is 1.47 bits per heavy atom. The van der Waals surface area contributed by atoms with Crippen molar-refractivity contribution in [3.05, 3.63) is 16.6 Å². The molecule has 0 saturated heterocycles. The van der Waals surface area contributed by atoms with E-state index < -0.39 is 0 Å². The molecule has 0 amide bonds. The summed E-state index contributed by atoms with van der Waals surface area (Å²) in [5.74, 6) is 0.413. The molecule has 2 aliphatic heterocycles. The molecule has 0 aromatic carbocycles. The van der Waals surface area contributed by atoms with Crippen LogP contribution in [-0.2, 0) is 0 Å². The summed E-state index contributed by atoms with van der Waals surface area (Å²) in [5.41, 5.74) is 0.911. The fourth-order valence-corrected chi connectivity index (χ4v) is 3.23. The number of halogens is 2. The average Bonchev–Trinajstić information content (AvgIpc) is 2.60. The van der Waals surface area contributed by atoms with E-state index in [1.54, 1.807) is 6.20 Å². The second-order valence-electron chi connectivity index (χ2n) is 5.44. The number of hydrogen-bond acceptors (Lipinski definition) is 5. The van der Waals surface area contributed by atoms with Crippen molar-refractivity contribution in [2.75, 3.05) is 17.3 Å². The third-order valence-corrected chi connectivity index (χ3v) is 4.10. The van der Waals surface area contributed by atoms with Gasteiger partial charge in [-0.3, -0.25) is 9.91 Å². The van der Waals surface area contributed by atoms with E-state index in [0.717, 1.165) is 5.84 Å². The zero-order valence-electron chi connectivity index (χ0n) is 11.2. The van der Waals surface area contributed by atoms with Crippen molar-refractivity contribution in [2.45, 2.75) is 32.5 Å². The van der Waals surface area contributed by atoms with E-state index >= 15 is 0 Å². The minimum atomic E-state index is -0.365. The van der Waals surface area contributed by atoms with Gasteiger partial charge in [-0.1, -0.05) is 0 Å². The maximum absolute atomic E-state index is 14.4. The summed E-state index contributed by atoms with van der Waals surface area (Å²) >= 11 is 3.14. The van der Waals surface area contributed by atoms with Crippen molar-refractivity contribution >= 4 is 33.1 Å². The molecule has 1 N–H and O–H groups in total. The van der Waals surface area contributed by atoms with Gasteiger partial charge >= 0.3 is 0 Å². The number of hydrazone groups is 1. The highest BCUT2D eigenvalue weighted by Gasteiger charge is 2.48. The predicted molar refractivity (Wildman–Crippen MR) is 76.7 cm³/mol. The number of likely N-dealkylation sites (N-methyl/N-ethyl adjacent to an activating group) is 1. The Kier molecular flexibility index (Phi) is 2.54. The van der Waals surface area contributed by atoms with E-state index in [9.17, 15) is 4.39 Å². The first-order chi connectivity index (χ1) is 8.83. The standard InChI is InChI=1S/C12H15BrFN5/c1-6-17-18(4)11-12(2,3)16-7-5-15-10(13)8(14)9(7)19(6)11/h5,11,16H,1-4H3. The van der Waals surface area contributed by atoms with Gasteiger partial charge in [0.2, 0.25) is 0 Å². The molecule has 1 unspecified atom stereocenters. The summed E-state index contributed by atoms with van der Waals surface area (Å²) < 4.78 is 14.6. The van der Waals surface area contributed by atoms with Gasteiger partial charge in [-0.2, -0.15) is 5.10 Å². The van der Waals surface area contributed by atoms with Gasteiger partial charge in [-0.05, 0) is 36.7 Å². The first kappa shape index (κ1) is 12.7. The van der Waals surface area contributed by atoms with Crippen LogP contribution in [0.1, 0.15) is 20.8 Å². The topological polar surface area (TPSA) is 43.8 Å². The number of nitrogens with one attached hydrogen (secondary N) is 1. The molecule has 0 bridgehead atoms. The van der Waals surface area contributed by atoms with Crippen molar-refractivity contribution in [1.82, 2.24) is 9.99 Å². The molecule has 3 heterocycles. The van der Waals surface area contributed by atoms with Crippen LogP contribution in [0.4, 0.5) is 15.8 Å². The number of aromatic nitrogens is 1. The van der Waals surface area contributed by atoms with Crippen LogP contribution < -0.4 is 10.2 Å². The lowest BCUT2D eigenvalue weighted by Crippen LogP contribution is -2.61. The van der Waals surface area contributed by atoms with Crippen LogP contribution in [0.3, 0.4) is 0 Å². The minimum Gasteiger partial charge on any atom is -0.373 e. The van der Waals surface area contributed by atoms with Crippen molar-refractivity contribution in [1.29, 1.82) is 0 Å². The fraction of sp³-hybridized carbons (Fsp3) is 0.500. The molecule has 0 aliphatic carbocycles. The van der Waals surface area contributed by atoms with E-state index in [2.05, 4.69) is 45.2 Å². The van der Waals surface area contributed by atoms with E-state index in [1.807, 2.05) is 23.9 Å². The average molecular weight is 328 g/mol. The van der Waals surface area contributed by atoms with E-state index in [1.165, 1.54) is 0 Å². The molecule has 5 nitrogen and oxygen atoms in total. The summed E-state index contributed by atoms with van der Waals surface area (Å²) in [4.78, 5) is 5.94. The van der Waals surface area contributed by atoms with Crippen molar-refractivity contribution in [2.24, 2.45) is 5.10 Å². The molecule has 7 heteroatoms. The number of hydrogen-bond donors (Lipinski definition) is 1. The Balaban J connectivity index is 2.25. The Labute approximate surface area is 119 Å². The molecule has 102 valence electrons. The van der Waals surface area contributed by atoms with Crippen LogP contribution >= 0.6 is 15.9 Å². The van der Waals surface area contributed by atoms with Gasteiger partial charge in [-0.15, -0.1) is 0 Å². The van der Waals surface area contributed by atoms with Crippen LogP contribution in [0.2, 0.25) is 0 Å². The number of pyridine rings is 1. The van der Waals surface area contributed by atoms with Gasteiger partial charge in [0.15, 0.2) is 5.82 Å². The quantitative estimate of drug-likeness (QED) is 0.744. The minimum absolute atomic E-state index is 0.0659. The zero-order valence-corrected chi connectivity index (χ0v) is 12.8. The molecule has 0 radical (unpaired) electrons. The lowest BCUT2D eigenvalue weighted by molar-refractivity contribution is 0.209. The first-order valence-electron chi connectivity index (χ1n) is 6.02. The van der Waals surface area contributed by atoms with Crippen LogP contribution in [0.5, 0.6) is 0 Å². The Morgan fingerprint density at radius 2 is 2.16 bits per heavy atom. The molecule has 0 spiro atoms. The molecule has 1 aromatic heterocycles. The van der Waals surface area contributed by atoms with Gasteiger partial charge < -0.3 is 5.32 Å². The SMILES string of the molecule is CC1=NN(C)C2N1c1c(cnc(Br)c1F)NC2(C)C. The summed E-state index contributed by atoms with van der Waals surface area (Å²) in [6.07, 6.45) is 1.58. The highest BCUT2D eigenvalue weighted by Crippen LogP contribution is 2.44. The second kappa shape index (κ2) is 3.82. The summed E-state index contributed by atoms with van der Waals surface area (Å²) in [5, 5.41) is 9.64. The molecule has 19 heavy (non-hydrogen) atoms. The van der Waals surface area contributed by atoms with E-state index in [0.29, 0.717) is 11.4 Å². The summed E-state index contributed by atoms with van der Waals surface area (Å²) in [7, 11) is 1.90. The summed E-state index contributed by atoms with van der Waals surface area (Å²) in [6.45, 7) is 6.02. The number of anilines is 2. The Bertz CT molecular complexity index is 586. The molecule has 3 rings (SSSR count). The lowest BCUT2D eigenvalue weighted by Gasteiger charge is -2.47. The van der Waals surface area contributed by atoms with Gasteiger partial charge in [0.25, 0.3) is 0 Å². The van der Waals surface area contributed by atoms with Gasteiger partial charge in [0, 0.05) is 7.05 Å². The number of nitrogens with zero attached hydrogens (tertiary/aromatic N) is 4. The normalized spacial score (nSPS) is 23.7. The smallest absolute Gasteiger partial charge is 0.181 e. The third kappa shape index (κ3) is 1.64. The van der Waals surface area contributed by atoms with Crippen molar-refractivity contribution < 1.29 is 4.39 Å². The van der Waals surface area contributed by atoms with Gasteiger partial charge in [0.05, 0.1) is 17.4 Å². The highest BCUT2D eigenvalue weighted by molar-refractivity contribution is 9.10. The molecular formula is C12H15BrFN5. The summed E-state index contributed by atoms with van der Waals surface area (Å²) in [6, 6.07) is 0. The molecule has 2 aliphatic rings. The first-order valence-corrected chi connectivity index (χ1v) is 6.81. The van der Waals surface area contributed by atoms with Crippen molar-refractivity contribution in [3.63, 3.8) is 0 Å². The van der Waals surface area contributed by atoms with E-state index in [-0.39, 0.29) is 22.1 Å². The number of rotatable bonds is 0. The zero-order chi connectivity index (χ0) is 13.9. The monoisotopic (exact) mass is 327 g/mol. The highest BCUT2D eigenvalue weighted by atomic mass is 79.9. The lowest BCUT2D eigenvalue weighted by atomic mass is 9.95. The molecule has 1 aromatic rings. The van der Waals surface area contributed by atoms with Crippen LogP contribution in [0.15, 0.2) is 15.9 Å². The molecular weight excluding hydrogens is 313 g/mol. The fourth-order valence-electron chi connectivity index (χ4n) is 2.94. The van der Waals surface area contributed by atoms with Gasteiger partial charge in [0.1, 0.15) is 22.3 Å².